The van der Waals surface area contributed by atoms with Crippen molar-refractivity contribution >= 4 is 16.8 Å². The van der Waals surface area contributed by atoms with Crippen LogP contribution in [0.15, 0.2) is 45.6 Å². The second kappa shape index (κ2) is 7.53. The maximum atomic E-state index is 12.6. The summed E-state index contributed by atoms with van der Waals surface area (Å²) in [6.45, 7) is 3.28. The van der Waals surface area contributed by atoms with E-state index in [2.05, 4.69) is 0 Å². The first-order chi connectivity index (χ1) is 12.9. The lowest BCUT2D eigenvalue weighted by atomic mass is 9.98. The van der Waals surface area contributed by atoms with Gasteiger partial charge in [0.25, 0.3) is 0 Å². The summed E-state index contributed by atoms with van der Waals surface area (Å²) >= 11 is 0. The molecule has 0 amide bonds. The molecule has 0 saturated carbocycles. The summed E-state index contributed by atoms with van der Waals surface area (Å²) in [6, 6.07) is 10.3. The second-order valence-electron chi connectivity index (χ2n) is 6.10. The number of Topliss-reactive ketones (excluding diaryl/α,β-unsaturated/α-hetero) is 1. The summed E-state index contributed by atoms with van der Waals surface area (Å²) in [7, 11) is 3.09. The molecule has 0 atom stereocenters. The Hall–Kier alpha value is -3.28. The Bertz CT molecular complexity index is 1060. The Morgan fingerprint density at radius 3 is 2.44 bits per heavy atom. The monoisotopic (exact) mass is 368 g/mol. The predicted octanol–water partition coefficient (Wildman–Crippen LogP) is 3.75. The molecular formula is C21H20O6. The molecule has 0 bridgehead atoms. The number of rotatable bonds is 6. The van der Waals surface area contributed by atoms with Crippen LogP contribution in [-0.4, -0.2) is 26.6 Å². The van der Waals surface area contributed by atoms with Crippen molar-refractivity contribution in [2.75, 3.05) is 20.8 Å². The third-order valence-corrected chi connectivity index (χ3v) is 4.26. The highest BCUT2D eigenvalue weighted by Gasteiger charge is 2.18. The van der Waals surface area contributed by atoms with Gasteiger partial charge in [0, 0.05) is 17.0 Å². The van der Waals surface area contributed by atoms with Crippen molar-refractivity contribution in [1.82, 2.24) is 0 Å². The molecule has 2 aromatic carbocycles. The van der Waals surface area contributed by atoms with Crippen LogP contribution in [0.2, 0.25) is 0 Å². The zero-order valence-corrected chi connectivity index (χ0v) is 15.6. The summed E-state index contributed by atoms with van der Waals surface area (Å²) in [5.74, 6) is 1.59. The Labute approximate surface area is 156 Å². The zero-order valence-electron chi connectivity index (χ0n) is 15.6. The van der Waals surface area contributed by atoms with Crippen molar-refractivity contribution in [2.24, 2.45) is 0 Å². The van der Waals surface area contributed by atoms with Crippen LogP contribution in [-0.2, 0) is 4.79 Å². The molecule has 3 rings (SSSR count). The first kappa shape index (κ1) is 18.5. The van der Waals surface area contributed by atoms with Gasteiger partial charge in [-0.2, -0.15) is 0 Å². The average Bonchev–Trinajstić information content (AvgIpc) is 2.66. The van der Waals surface area contributed by atoms with Crippen LogP contribution in [0.4, 0.5) is 0 Å². The van der Waals surface area contributed by atoms with Crippen molar-refractivity contribution in [3.05, 3.63) is 52.4 Å². The lowest BCUT2D eigenvalue weighted by molar-refractivity contribution is -0.118. The first-order valence-electron chi connectivity index (χ1n) is 8.36. The lowest BCUT2D eigenvalue weighted by Gasteiger charge is -2.13. The van der Waals surface area contributed by atoms with Crippen LogP contribution in [0.25, 0.3) is 22.1 Å². The van der Waals surface area contributed by atoms with Crippen LogP contribution in [0.5, 0.6) is 17.2 Å². The van der Waals surface area contributed by atoms with E-state index < -0.39 is 5.63 Å². The van der Waals surface area contributed by atoms with Crippen molar-refractivity contribution < 1.29 is 23.4 Å². The number of fused-ring (bicyclic) bond motifs is 1. The van der Waals surface area contributed by atoms with E-state index in [-0.39, 0.29) is 12.4 Å². The van der Waals surface area contributed by atoms with Gasteiger partial charge in [-0.3, -0.25) is 4.79 Å². The quantitative estimate of drug-likeness (QED) is 0.617. The Kier molecular flexibility index (Phi) is 5.16. The fourth-order valence-electron chi connectivity index (χ4n) is 2.92. The molecule has 6 nitrogen and oxygen atoms in total. The molecular weight excluding hydrogens is 348 g/mol. The number of hydrogen-bond donors (Lipinski definition) is 0. The van der Waals surface area contributed by atoms with E-state index in [9.17, 15) is 9.59 Å². The third kappa shape index (κ3) is 3.65. The molecule has 0 saturated heterocycles. The third-order valence-electron chi connectivity index (χ3n) is 4.26. The minimum atomic E-state index is -0.458. The maximum Gasteiger partial charge on any atom is 0.344 e. The molecule has 27 heavy (non-hydrogen) atoms. The Morgan fingerprint density at radius 1 is 1.04 bits per heavy atom. The molecule has 0 aliphatic heterocycles. The summed E-state index contributed by atoms with van der Waals surface area (Å²) in [5, 5.41) is 0.725. The number of benzene rings is 2. The summed E-state index contributed by atoms with van der Waals surface area (Å²) < 4.78 is 21.6. The summed E-state index contributed by atoms with van der Waals surface area (Å²) in [4.78, 5) is 23.8. The zero-order chi connectivity index (χ0) is 19.6. The molecule has 0 fully saturated rings. The number of carbonyl (C=O) groups excluding carboxylic acids is 1. The fourth-order valence-corrected chi connectivity index (χ4v) is 2.92. The highest BCUT2D eigenvalue weighted by Crippen LogP contribution is 2.36. The normalized spacial score (nSPS) is 10.7. The van der Waals surface area contributed by atoms with Gasteiger partial charge in [0.15, 0.2) is 5.78 Å². The van der Waals surface area contributed by atoms with Crippen molar-refractivity contribution in [2.45, 2.75) is 13.8 Å². The highest BCUT2D eigenvalue weighted by atomic mass is 16.5. The maximum absolute atomic E-state index is 12.6. The van der Waals surface area contributed by atoms with Gasteiger partial charge in [0.2, 0.25) is 0 Å². The minimum Gasteiger partial charge on any atom is -0.497 e. The topological polar surface area (TPSA) is 75.0 Å². The fraction of sp³-hybridized carbons (Fsp3) is 0.238. The summed E-state index contributed by atoms with van der Waals surface area (Å²) in [5.41, 5.74) is 1.75. The van der Waals surface area contributed by atoms with Gasteiger partial charge < -0.3 is 18.6 Å². The molecule has 6 heteroatoms. The van der Waals surface area contributed by atoms with E-state index in [1.165, 1.54) is 14.0 Å². The molecule has 0 aliphatic carbocycles. The number of methoxy groups -OCH3 is 2. The van der Waals surface area contributed by atoms with E-state index in [0.29, 0.717) is 34.0 Å². The van der Waals surface area contributed by atoms with E-state index >= 15 is 0 Å². The molecule has 0 aliphatic rings. The van der Waals surface area contributed by atoms with E-state index in [4.69, 9.17) is 18.6 Å². The van der Waals surface area contributed by atoms with Crippen LogP contribution in [0, 0.1) is 6.92 Å². The van der Waals surface area contributed by atoms with Gasteiger partial charge >= 0.3 is 5.63 Å². The molecule has 0 radical (unpaired) electrons. The van der Waals surface area contributed by atoms with Crippen LogP contribution >= 0.6 is 0 Å². The van der Waals surface area contributed by atoms with Crippen molar-refractivity contribution in [3.63, 3.8) is 0 Å². The van der Waals surface area contributed by atoms with Gasteiger partial charge in [0.05, 0.1) is 19.8 Å². The molecule has 0 unspecified atom stereocenters. The van der Waals surface area contributed by atoms with Crippen LogP contribution in [0.3, 0.4) is 0 Å². The number of aryl methyl sites for hydroxylation is 1. The van der Waals surface area contributed by atoms with Crippen molar-refractivity contribution in [3.8, 4) is 28.4 Å². The van der Waals surface area contributed by atoms with Gasteiger partial charge in [-0.1, -0.05) is 0 Å². The van der Waals surface area contributed by atoms with Crippen LogP contribution < -0.4 is 19.8 Å². The summed E-state index contributed by atoms with van der Waals surface area (Å²) in [6.07, 6.45) is 0. The molecule has 3 aromatic rings. The molecule has 1 heterocycles. The second-order valence-corrected chi connectivity index (χ2v) is 6.10. The number of ether oxygens (including phenoxy) is 3. The van der Waals surface area contributed by atoms with Gasteiger partial charge in [-0.05, 0) is 49.7 Å². The highest BCUT2D eigenvalue weighted by molar-refractivity contribution is 5.89. The molecule has 0 N–H and O–H groups in total. The van der Waals surface area contributed by atoms with E-state index in [1.54, 1.807) is 43.5 Å². The average molecular weight is 368 g/mol. The smallest absolute Gasteiger partial charge is 0.344 e. The molecule has 1 aromatic heterocycles. The first-order valence-corrected chi connectivity index (χ1v) is 8.36. The largest absolute Gasteiger partial charge is 0.497 e. The van der Waals surface area contributed by atoms with Gasteiger partial charge in [0.1, 0.15) is 29.4 Å². The SMILES string of the molecule is COc1ccc(-c2c(C)c3cc(OCC(C)=O)ccc3oc2=O)c(OC)c1. The number of carbonyl (C=O) groups is 1. The van der Waals surface area contributed by atoms with Gasteiger partial charge in [-0.25, -0.2) is 4.79 Å². The standard InChI is InChI=1S/C21H20O6/c1-12(22)11-26-15-6-8-18-17(9-15)13(2)20(21(23)27-18)16-7-5-14(24-3)10-19(16)25-4/h5-10H,11H2,1-4H3. The Morgan fingerprint density at radius 2 is 1.78 bits per heavy atom. The van der Waals surface area contributed by atoms with Crippen molar-refractivity contribution in [1.29, 1.82) is 0 Å². The predicted molar refractivity (Wildman–Crippen MR) is 102 cm³/mol. The number of ketones is 1. The van der Waals surface area contributed by atoms with E-state index in [1.807, 2.05) is 6.92 Å². The van der Waals surface area contributed by atoms with Crippen LogP contribution in [0.1, 0.15) is 12.5 Å². The minimum absolute atomic E-state index is 0.0134. The molecule has 140 valence electrons. The Balaban J connectivity index is 2.19. The van der Waals surface area contributed by atoms with Gasteiger partial charge in [-0.15, -0.1) is 0 Å². The van der Waals surface area contributed by atoms with E-state index in [0.717, 1.165) is 10.9 Å². The molecule has 0 spiro atoms. The lowest BCUT2D eigenvalue weighted by Crippen LogP contribution is -2.08. The number of hydrogen-bond acceptors (Lipinski definition) is 6.